The van der Waals surface area contributed by atoms with Crippen molar-refractivity contribution in [2.75, 3.05) is 30.4 Å². The number of nitriles is 1. The molecule has 1 unspecified atom stereocenters. The van der Waals surface area contributed by atoms with Gasteiger partial charge in [-0.1, -0.05) is 12.1 Å². The summed E-state index contributed by atoms with van der Waals surface area (Å²) < 4.78 is 5.15. The van der Waals surface area contributed by atoms with Gasteiger partial charge in [0.1, 0.15) is 17.4 Å². The van der Waals surface area contributed by atoms with Crippen LogP contribution >= 0.6 is 0 Å². The molecule has 2 rings (SSSR count). The normalized spacial score (nSPS) is 11.9. The molecule has 0 aromatic heterocycles. The van der Waals surface area contributed by atoms with Crippen molar-refractivity contribution in [3.63, 3.8) is 0 Å². The van der Waals surface area contributed by atoms with Crippen LogP contribution in [-0.4, -0.2) is 26.1 Å². The van der Waals surface area contributed by atoms with Crippen LogP contribution in [0.3, 0.4) is 0 Å². The van der Waals surface area contributed by atoms with Crippen molar-refractivity contribution in [3.8, 4) is 11.8 Å². The maximum absolute atomic E-state index is 12.5. The van der Waals surface area contributed by atoms with Gasteiger partial charge < -0.3 is 20.3 Å². The Morgan fingerprint density at radius 1 is 1.20 bits per heavy atom. The zero-order valence-corrected chi connectivity index (χ0v) is 18.3. The summed E-state index contributed by atoms with van der Waals surface area (Å²) in [5, 5.41) is 15.4. The van der Waals surface area contributed by atoms with Crippen molar-refractivity contribution < 1.29 is 9.53 Å². The van der Waals surface area contributed by atoms with E-state index in [2.05, 4.69) is 35.4 Å². The molecule has 0 fully saturated rings. The molecule has 158 valence electrons. The minimum absolute atomic E-state index is 0.0163. The Labute approximate surface area is 179 Å². The standard InChI is InChI=1S/C24H30N4O2/c1-6-28(7-2)21-10-13-23(17(3)14-21)26-16-20(15-25)24(29)27-18(4)19-8-11-22(30-5)12-9-19/h8-14,16,18,26H,6-7H2,1-5H3,(H,27,29)/b20-16-. The van der Waals surface area contributed by atoms with Gasteiger partial charge in [0.25, 0.3) is 5.91 Å². The van der Waals surface area contributed by atoms with Gasteiger partial charge in [-0.05, 0) is 69.2 Å². The SMILES string of the molecule is CCN(CC)c1ccc(N/C=C(/C#N)C(=O)NC(C)c2ccc(OC)cc2)c(C)c1. The minimum atomic E-state index is -0.425. The van der Waals surface area contributed by atoms with Crippen molar-refractivity contribution in [2.45, 2.75) is 33.7 Å². The van der Waals surface area contributed by atoms with Crippen molar-refractivity contribution in [1.82, 2.24) is 5.32 Å². The van der Waals surface area contributed by atoms with Crippen molar-refractivity contribution in [3.05, 3.63) is 65.4 Å². The maximum Gasteiger partial charge on any atom is 0.263 e. The summed E-state index contributed by atoms with van der Waals surface area (Å²) >= 11 is 0. The Morgan fingerprint density at radius 3 is 2.40 bits per heavy atom. The number of rotatable bonds is 9. The van der Waals surface area contributed by atoms with E-state index in [9.17, 15) is 10.1 Å². The van der Waals surface area contributed by atoms with Gasteiger partial charge in [0, 0.05) is 30.7 Å². The minimum Gasteiger partial charge on any atom is -0.497 e. The smallest absolute Gasteiger partial charge is 0.263 e. The van der Waals surface area contributed by atoms with Crippen LogP contribution in [0.4, 0.5) is 11.4 Å². The van der Waals surface area contributed by atoms with Crippen molar-refractivity contribution in [1.29, 1.82) is 5.26 Å². The Kier molecular flexibility index (Phi) is 8.30. The second-order valence-electron chi connectivity index (χ2n) is 6.95. The molecular weight excluding hydrogens is 376 g/mol. The van der Waals surface area contributed by atoms with Crippen LogP contribution in [0.2, 0.25) is 0 Å². The zero-order valence-electron chi connectivity index (χ0n) is 18.3. The number of aryl methyl sites for hydroxylation is 1. The third kappa shape index (κ3) is 5.77. The molecule has 0 saturated heterocycles. The van der Waals surface area contributed by atoms with Gasteiger partial charge in [-0.15, -0.1) is 0 Å². The summed E-state index contributed by atoms with van der Waals surface area (Å²) in [5.41, 5.74) is 3.99. The number of methoxy groups -OCH3 is 1. The zero-order chi connectivity index (χ0) is 22.1. The fourth-order valence-electron chi connectivity index (χ4n) is 3.14. The summed E-state index contributed by atoms with van der Waals surface area (Å²) in [6.45, 7) is 10.00. The first-order valence-corrected chi connectivity index (χ1v) is 10.1. The van der Waals surface area contributed by atoms with Gasteiger partial charge in [-0.2, -0.15) is 5.26 Å². The number of amides is 1. The molecule has 2 aromatic rings. The van der Waals surface area contributed by atoms with Crippen molar-refractivity contribution >= 4 is 17.3 Å². The van der Waals surface area contributed by atoms with Gasteiger partial charge in [0.05, 0.1) is 13.2 Å². The molecule has 0 saturated carbocycles. The molecule has 6 nitrogen and oxygen atoms in total. The molecule has 0 aliphatic rings. The third-order valence-corrected chi connectivity index (χ3v) is 5.04. The average Bonchev–Trinajstić information content (AvgIpc) is 2.76. The van der Waals surface area contributed by atoms with E-state index in [1.807, 2.05) is 56.3 Å². The summed E-state index contributed by atoms with van der Waals surface area (Å²) in [7, 11) is 1.61. The lowest BCUT2D eigenvalue weighted by Crippen LogP contribution is -2.28. The lowest BCUT2D eigenvalue weighted by atomic mass is 10.1. The van der Waals surface area contributed by atoms with E-state index in [0.29, 0.717) is 0 Å². The first kappa shape index (κ1) is 22.8. The van der Waals surface area contributed by atoms with E-state index < -0.39 is 5.91 Å². The Hall–Kier alpha value is -3.46. The molecule has 0 heterocycles. The Balaban J connectivity index is 2.07. The highest BCUT2D eigenvalue weighted by atomic mass is 16.5. The number of nitrogens with one attached hydrogen (secondary N) is 2. The molecular formula is C24H30N4O2. The predicted octanol–water partition coefficient (Wildman–Crippen LogP) is 4.55. The van der Waals surface area contributed by atoms with Crippen LogP contribution < -0.4 is 20.3 Å². The molecule has 1 amide bonds. The Morgan fingerprint density at radius 2 is 1.87 bits per heavy atom. The summed E-state index contributed by atoms with van der Waals surface area (Å²) in [6.07, 6.45) is 1.45. The highest BCUT2D eigenvalue weighted by Gasteiger charge is 2.14. The fraction of sp³-hybridized carbons (Fsp3) is 0.333. The molecule has 0 aliphatic heterocycles. The molecule has 0 aliphatic carbocycles. The lowest BCUT2D eigenvalue weighted by molar-refractivity contribution is -0.117. The van der Waals surface area contributed by atoms with Crippen LogP contribution in [0.25, 0.3) is 0 Å². The largest absolute Gasteiger partial charge is 0.497 e. The molecule has 6 heteroatoms. The van der Waals surface area contributed by atoms with Crippen LogP contribution in [0.5, 0.6) is 5.75 Å². The number of nitrogens with zero attached hydrogens (tertiary/aromatic N) is 2. The molecule has 2 aromatic carbocycles. The fourth-order valence-corrected chi connectivity index (χ4v) is 3.14. The van der Waals surface area contributed by atoms with E-state index in [1.54, 1.807) is 7.11 Å². The quantitative estimate of drug-likeness (QED) is 0.472. The Bertz CT molecular complexity index is 925. The van der Waals surface area contributed by atoms with Gasteiger partial charge in [-0.25, -0.2) is 0 Å². The van der Waals surface area contributed by atoms with E-state index in [0.717, 1.165) is 41.3 Å². The number of carbonyl (C=O) groups is 1. The van der Waals surface area contributed by atoms with Crippen LogP contribution in [0, 0.1) is 18.3 Å². The van der Waals surface area contributed by atoms with E-state index in [4.69, 9.17) is 4.74 Å². The van der Waals surface area contributed by atoms with Gasteiger partial charge in [0.15, 0.2) is 0 Å². The van der Waals surface area contributed by atoms with Gasteiger partial charge in [-0.3, -0.25) is 4.79 Å². The monoisotopic (exact) mass is 406 g/mol. The second-order valence-corrected chi connectivity index (χ2v) is 6.95. The van der Waals surface area contributed by atoms with Gasteiger partial charge >= 0.3 is 0 Å². The number of carbonyl (C=O) groups excluding carboxylic acids is 1. The summed E-state index contributed by atoms with van der Waals surface area (Å²) in [5.74, 6) is 0.326. The molecule has 0 radical (unpaired) electrons. The number of hydrogen-bond donors (Lipinski definition) is 2. The number of benzene rings is 2. The average molecular weight is 407 g/mol. The lowest BCUT2D eigenvalue weighted by Gasteiger charge is -2.22. The summed E-state index contributed by atoms with van der Waals surface area (Å²) in [6, 6.07) is 15.3. The number of ether oxygens (including phenoxy) is 1. The van der Waals surface area contributed by atoms with Crippen LogP contribution in [0.1, 0.15) is 37.9 Å². The van der Waals surface area contributed by atoms with E-state index in [-0.39, 0.29) is 11.6 Å². The molecule has 30 heavy (non-hydrogen) atoms. The third-order valence-electron chi connectivity index (χ3n) is 5.04. The first-order valence-electron chi connectivity index (χ1n) is 10.1. The second kappa shape index (κ2) is 10.9. The van der Waals surface area contributed by atoms with Gasteiger partial charge in [0.2, 0.25) is 0 Å². The number of hydrogen-bond acceptors (Lipinski definition) is 5. The molecule has 2 N–H and O–H groups in total. The molecule has 0 spiro atoms. The summed E-state index contributed by atoms with van der Waals surface area (Å²) in [4.78, 5) is 14.8. The topological polar surface area (TPSA) is 77.4 Å². The number of anilines is 2. The van der Waals surface area contributed by atoms with Crippen LogP contribution in [-0.2, 0) is 4.79 Å². The van der Waals surface area contributed by atoms with Crippen LogP contribution in [0.15, 0.2) is 54.2 Å². The highest BCUT2D eigenvalue weighted by molar-refractivity contribution is 5.97. The van der Waals surface area contributed by atoms with E-state index >= 15 is 0 Å². The van der Waals surface area contributed by atoms with Crippen molar-refractivity contribution in [2.24, 2.45) is 0 Å². The predicted molar refractivity (Wildman–Crippen MR) is 122 cm³/mol. The molecule has 0 bridgehead atoms. The molecule has 1 atom stereocenters. The van der Waals surface area contributed by atoms with E-state index in [1.165, 1.54) is 6.20 Å². The first-order chi connectivity index (χ1) is 14.4. The highest BCUT2D eigenvalue weighted by Crippen LogP contribution is 2.23. The maximum atomic E-state index is 12.5.